The van der Waals surface area contributed by atoms with Gasteiger partial charge in [0.05, 0.1) is 24.6 Å². The highest BCUT2D eigenvalue weighted by Gasteiger charge is 2.41. The first kappa shape index (κ1) is 32.2. The van der Waals surface area contributed by atoms with Gasteiger partial charge in [0.25, 0.3) is 0 Å². The predicted molar refractivity (Wildman–Crippen MR) is 172 cm³/mol. The SMILES string of the molecule is CC(C)(C)[Si](C)(C)OCC(CCc1cccc(-c2c(CC(=O)O)cnc3ccccc23)c1)O[Si](C)(C)C(C)(C)C. The van der Waals surface area contributed by atoms with Crippen LogP contribution in [0, 0.1) is 0 Å². The summed E-state index contributed by atoms with van der Waals surface area (Å²) in [5.74, 6) is -0.859. The molecule has 1 unspecified atom stereocenters. The van der Waals surface area contributed by atoms with Crippen LogP contribution in [0.4, 0.5) is 0 Å². The van der Waals surface area contributed by atoms with Gasteiger partial charge in [0.2, 0.25) is 0 Å². The first-order valence-electron chi connectivity index (χ1n) is 14.4. The third-order valence-corrected chi connectivity index (χ3v) is 17.9. The molecule has 1 aromatic heterocycles. The monoisotopic (exact) mass is 579 g/mol. The van der Waals surface area contributed by atoms with Crippen molar-refractivity contribution in [2.75, 3.05) is 6.61 Å². The summed E-state index contributed by atoms with van der Waals surface area (Å²) in [6, 6.07) is 16.4. The maximum atomic E-state index is 11.7. The Morgan fingerprint density at radius 3 is 2.20 bits per heavy atom. The van der Waals surface area contributed by atoms with Crippen molar-refractivity contribution in [3.8, 4) is 11.1 Å². The van der Waals surface area contributed by atoms with Gasteiger partial charge in [-0.2, -0.15) is 0 Å². The molecule has 40 heavy (non-hydrogen) atoms. The molecule has 218 valence electrons. The molecule has 0 aliphatic heterocycles. The van der Waals surface area contributed by atoms with Crippen LogP contribution in [0.15, 0.2) is 54.7 Å². The topological polar surface area (TPSA) is 68.7 Å². The molecule has 0 amide bonds. The number of hydrogen-bond donors (Lipinski definition) is 1. The lowest BCUT2D eigenvalue weighted by atomic mass is 9.93. The molecular formula is C33H49NO4Si2. The Hall–Kier alpha value is -2.33. The molecule has 0 saturated carbocycles. The zero-order valence-electron chi connectivity index (χ0n) is 26.2. The van der Waals surface area contributed by atoms with Crippen molar-refractivity contribution < 1.29 is 18.8 Å². The Labute approximate surface area is 243 Å². The zero-order valence-corrected chi connectivity index (χ0v) is 28.2. The quantitative estimate of drug-likeness (QED) is 0.230. The Kier molecular flexibility index (Phi) is 9.87. The summed E-state index contributed by atoms with van der Waals surface area (Å²) >= 11 is 0. The van der Waals surface area contributed by atoms with Gasteiger partial charge < -0.3 is 14.0 Å². The van der Waals surface area contributed by atoms with E-state index in [1.807, 2.05) is 24.3 Å². The van der Waals surface area contributed by atoms with Gasteiger partial charge in [-0.25, -0.2) is 0 Å². The number of carboxylic acids is 1. The van der Waals surface area contributed by atoms with Crippen molar-refractivity contribution >= 4 is 33.5 Å². The van der Waals surface area contributed by atoms with Crippen LogP contribution in [0.3, 0.4) is 0 Å². The number of rotatable bonds is 11. The maximum absolute atomic E-state index is 11.7. The summed E-state index contributed by atoms with van der Waals surface area (Å²) in [6.07, 6.45) is 3.38. The van der Waals surface area contributed by atoms with Crippen LogP contribution in [-0.2, 0) is 26.5 Å². The number of fused-ring (bicyclic) bond motifs is 1. The molecule has 5 nitrogen and oxygen atoms in total. The highest BCUT2D eigenvalue weighted by atomic mass is 28.4. The summed E-state index contributed by atoms with van der Waals surface area (Å²) in [7, 11) is -3.91. The first-order chi connectivity index (χ1) is 18.4. The minimum Gasteiger partial charge on any atom is -0.481 e. The van der Waals surface area contributed by atoms with Gasteiger partial charge in [0, 0.05) is 11.6 Å². The number of pyridine rings is 1. The normalized spacial score (nSPS) is 13.9. The summed E-state index contributed by atoms with van der Waals surface area (Å²) in [4.78, 5) is 16.2. The first-order valence-corrected chi connectivity index (χ1v) is 20.2. The van der Waals surface area contributed by atoms with Gasteiger partial charge in [-0.1, -0.05) is 84.0 Å². The van der Waals surface area contributed by atoms with E-state index in [0.717, 1.165) is 40.4 Å². The summed E-state index contributed by atoms with van der Waals surface area (Å²) in [5, 5.41) is 10.8. The van der Waals surface area contributed by atoms with E-state index >= 15 is 0 Å². The number of benzene rings is 2. The van der Waals surface area contributed by atoms with Crippen LogP contribution in [0.5, 0.6) is 0 Å². The second kappa shape index (κ2) is 12.3. The number of nitrogens with zero attached hydrogens (tertiary/aromatic N) is 1. The Morgan fingerprint density at radius 1 is 0.925 bits per heavy atom. The molecule has 0 saturated heterocycles. The van der Waals surface area contributed by atoms with Crippen LogP contribution < -0.4 is 0 Å². The fraction of sp³-hybridized carbons (Fsp3) is 0.515. The third kappa shape index (κ3) is 7.90. The molecule has 0 bridgehead atoms. The van der Waals surface area contributed by atoms with E-state index in [-0.39, 0.29) is 22.6 Å². The Morgan fingerprint density at radius 2 is 1.57 bits per heavy atom. The van der Waals surface area contributed by atoms with Gasteiger partial charge >= 0.3 is 5.97 Å². The Balaban J connectivity index is 1.91. The number of aryl methyl sites for hydroxylation is 1. The van der Waals surface area contributed by atoms with Crippen molar-refractivity contribution in [2.24, 2.45) is 0 Å². The molecule has 0 spiro atoms. The lowest BCUT2D eigenvalue weighted by molar-refractivity contribution is -0.136. The molecule has 1 heterocycles. The van der Waals surface area contributed by atoms with Gasteiger partial charge in [0.1, 0.15) is 0 Å². The highest BCUT2D eigenvalue weighted by molar-refractivity contribution is 6.74. The van der Waals surface area contributed by atoms with Crippen LogP contribution in [0.2, 0.25) is 36.3 Å². The average Bonchev–Trinajstić information content (AvgIpc) is 2.84. The van der Waals surface area contributed by atoms with Crippen molar-refractivity contribution in [1.82, 2.24) is 4.98 Å². The van der Waals surface area contributed by atoms with E-state index in [4.69, 9.17) is 8.85 Å². The molecule has 1 N–H and O–H groups in total. The van der Waals surface area contributed by atoms with E-state index < -0.39 is 22.6 Å². The fourth-order valence-corrected chi connectivity index (χ4v) is 6.73. The van der Waals surface area contributed by atoms with Crippen molar-refractivity contribution in [3.63, 3.8) is 0 Å². The van der Waals surface area contributed by atoms with Crippen molar-refractivity contribution in [3.05, 3.63) is 65.9 Å². The summed E-state index contributed by atoms with van der Waals surface area (Å²) in [6.45, 7) is 23.5. The van der Waals surface area contributed by atoms with Gasteiger partial charge in [-0.3, -0.25) is 9.78 Å². The van der Waals surface area contributed by atoms with Gasteiger partial charge in [0.15, 0.2) is 16.6 Å². The molecule has 0 aliphatic rings. The largest absolute Gasteiger partial charge is 0.481 e. The number of carbonyl (C=O) groups is 1. The number of para-hydroxylation sites is 1. The van der Waals surface area contributed by atoms with E-state index in [1.165, 1.54) is 5.56 Å². The van der Waals surface area contributed by atoms with Gasteiger partial charge in [-0.15, -0.1) is 0 Å². The lowest BCUT2D eigenvalue weighted by Crippen LogP contribution is -2.48. The summed E-state index contributed by atoms with van der Waals surface area (Å²) < 4.78 is 13.6. The third-order valence-electron chi connectivity index (χ3n) is 8.87. The van der Waals surface area contributed by atoms with Gasteiger partial charge in [-0.05, 0) is 77.4 Å². The van der Waals surface area contributed by atoms with Crippen LogP contribution in [0.25, 0.3) is 22.0 Å². The number of carboxylic acid groups (broad SMARTS) is 1. The Bertz CT molecular complexity index is 1320. The number of hydrogen-bond acceptors (Lipinski definition) is 4. The molecular weight excluding hydrogens is 531 g/mol. The van der Waals surface area contributed by atoms with Crippen molar-refractivity contribution in [2.45, 2.75) is 103 Å². The van der Waals surface area contributed by atoms with Crippen LogP contribution in [-0.4, -0.2) is 45.4 Å². The minimum absolute atomic E-state index is 0.0167. The average molecular weight is 580 g/mol. The smallest absolute Gasteiger partial charge is 0.307 e. The van der Waals surface area contributed by atoms with E-state index in [0.29, 0.717) is 6.61 Å². The molecule has 1 atom stereocenters. The van der Waals surface area contributed by atoms with Crippen LogP contribution >= 0.6 is 0 Å². The second-order valence-electron chi connectivity index (χ2n) is 14.1. The van der Waals surface area contributed by atoms with E-state index in [1.54, 1.807) is 6.20 Å². The molecule has 3 rings (SSSR count). The summed E-state index contributed by atoms with van der Waals surface area (Å²) in [5.41, 5.74) is 4.76. The number of aromatic nitrogens is 1. The van der Waals surface area contributed by atoms with E-state index in [2.05, 4.69) is 97.0 Å². The molecule has 0 radical (unpaired) electrons. The predicted octanol–water partition coefficient (Wildman–Crippen LogP) is 8.87. The second-order valence-corrected chi connectivity index (χ2v) is 23.6. The highest BCUT2D eigenvalue weighted by Crippen LogP contribution is 2.40. The van der Waals surface area contributed by atoms with E-state index in [9.17, 15) is 9.90 Å². The molecule has 2 aromatic carbocycles. The number of aliphatic carboxylic acids is 1. The molecule has 7 heteroatoms. The van der Waals surface area contributed by atoms with Crippen LogP contribution in [0.1, 0.15) is 59.1 Å². The zero-order chi connectivity index (χ0) is 29.9. The molecule has 0 aliphatic carbocycles. The maximum Gasteiger partial charge on any atom is 0.307 e. The standard InChI is InChI=1S/C33H49NO4Si2/c1-32(2,3)39(7,8)37-23-27(38-40(9,10)33(4,5)6)19-18-24-14-13-15-25(20-24)31-26(21-30(35)36)22-34-29-17-12-11-16-28(29)31/h11-17,20,22,27H,18-19,21,23H2,1-10H3,(H,35,36). The lowest BCUT2D eigenvalue weighted by Gasteiger charge is -2.41. The van der Waals surface area contributed by atoms with Crippen molar-refractivity contribution in [1.29, 1.82) is 0 Å². The minimum atomic E-state index is -1.99. The molecule has 0 fully saturated rings. The molecule has 3 aromatic rings. The fourth-order valence-electron chi connectivity index (χ4n) is 4.32.